The Morgan fingerprint density at radius 3 is 2.41 bits per heavy atom. The quantitative estimate of drug-likeness (QED) is 0.854. The van der Waals surface area contributed by atoms with Crippen molar-refractivity contribution in [1.29, 1.82) is 0 Å². The van der Waals surface area contributed by atoms with Crippen molar-refractivity contribution in [1.82, 2.24) is 4.90 Å². The second kappa shape index (κ2) is 6.03. The highest BCUT2D eigenvalue weighted by Crippen LogP contribution is 2.28. The predicted octanol–water partition coefficient (Wildman–Crippen LogP) is 2.45. The van der Waals surface area contributed by atoms with Gasteiger partial charge in [0.15, 0.2) is 0 Å². The molecule has 3 heteroatoms. The van der Waals surface area contributed by atoms with Crippen molar-refractivity contribution in [3.05, 3.63) is 29.3 Å². The summed E-state index contributed by atoms with van der Waals surface area (Å²) in [6.45, 7) is 4.86. The van der Waals surface area contributed by atoms with Gasteiger partial charge in [-0.25, -0.2) is 0 Å². The average Bonchev–Trinajstić information content (AvgIpc) is 2.27. The first-order valence-electron chi connectivity index (χ1n) is 5.95. The molecule has 1 atom stereocenters. The van der Waals surface area contributed by atoms with Crippen LogP contribution < -0.4 is 4.74 Å². The van der Waals surface area contributed by atoms with Gasteiger partial charge in [0.25, 0.3) is 0 Å². The molecule has 0 radical (unpaired) electrons. The molecule has 96 valence electrons. The van der Waals surface area contributed by atoms with E-state index in [0.29, 0.717) is 0 Å². The number of methoxy groups -OCH3 is 1. The van der Waals surface area contributed by atoms with Gasteiger partial charge in [0.1, 0.15) is 5.75 Å². The SMILES string of the molecule is COc1ccc(CN(C)C)c(C(O)C(C)C)c1. The Kier molecular flexibility index (Phi) is 4.97. The summed E-state index contributed by atoms with van der Waals surface area (Å²) >= 11 is 0. The summed E-state index contributed by atoms with van der Waals surface area (Å²) in [5, 5.41) is 10.2. The molecule has 17 heavy (non-hydrogen) atoms. The first kappa shape index (κ1) is 14.0. The molecule has 0 amide bonds. The highest BCUT2D eigenvalue weighted by Gasteiger charge is 2.17. The van der Waals surface area contributed by atoms with Crippen molar-refractivity contribution in [3.8, 4) is 5.75 Å². The number of hydrogen-bond acceptors (Lipinski definition) is 3. The molecule has 0 heterocycles. The van der Waals surface area contributed by atoms with Crippen LogP contribution in [0.1, 0.15) is 31.1 Å². The number of rotatable bonds is 5. The lowest BCUT2D eigenvalue weighted by Gasteiger charge is -2.21. The van der Waals surface area contributed by atoms with E-state index in [4.69, 9.17) is 4.74 Å². The van der Waals surface area contributed by atoms with Crippen LogP contribution in [-0.2, 0) is 6.54 Å². The second-order valence-corrected chi connectivity index (χ2v) is 4.99. The molecule has 0 fully saturated rings. The van der Waals surface area contributed by atoms with E-state index < -0.39 is 6.10 Å². The summed E-state index contributed by atoms with van der Waals surface area (Å²) < 4.78 is 5.22. The van der Waals surface area contributed by atoms with Crippen molar-refractivity contribution in [2.45, 2.75) is 26.5 Å². The molecular weight excluding hydrogens is 214 g/mol. The van der Waals surface area contributed by atoms with Crippen molar-refractivity contribution < 1.29 is 9.84 Å². The molecule has 1 aromatic carbocycles. The first-order chi connectivity index (χ1) is 7.95. The molecule has 0 aliphatic carbocycles. The van der Waals surface area contributed by atoms with Crippen LogP contribution in [0.5, 0.6) is 5.75 Å². The van der Waals surface area contributed by atoms with E-state index in [1.54, 1.807) is 7.11 Å². The van der Waals surface area contributed by atoms with E-state index in [9.17, 15) is 5.11 Å². The number of nitrogens with zero attached hydrogens (tertiary/aromatic N) is 1. The van der Waals surface area contributed by atoms with Gasteiger partial charge in [0.2, 0.25) is 0 Å². The van der Waals surface area contributed by atoms with Gasteiger partial charge in [-0.1, -0.05) is 19.9 Å². The Balaban J connectivity index is 3.11. The Bertz CT molecular complexity index is 361. The number of hydrogen-bond donors (Lipinski definition) is 1. The van der Waals surface area contributed by atoms with Gasteiger partial charge < -0.3 is 14.7 Å². The summed E-state index contributed by atoms with van der Waals surface area (Å²) in [6.07, 6.45) is -0.444. The van der Waals surface area contributed by atoms with E-state index >= 15 is 0 Å². The fourth-order valence-electron chi connectivity index (χ4n) is 1.82. The highest BCUT2D eigenvalue weighted by molar-refractivity contribution is 5.37. The lowest BCUT2D eigenvalue weighted by Crippen LogP contribution is -2.15. The molecule has 1 rings (SSSR count). The number of benzene rings is 1. The van der Waals surface area contributed by atoms with E-state index in [-0.39, 0.29) is 5.92 Å². The van der Waals surface area contributed by atoms with Crippen LogP contribution >= 0.6 is 0 Å². The molecule has 1 aromatic rings. The standard InChI is InChI=1S/C14H23NO2/c1-10(2)14(16)13-8-12(17-5)7-6-11(13)9-15(3)4/h6-8,10,14,16H,9H2,1-5H3. The Hall–Kier alpha value is -1.06. The van der Waals surface area contributed by atoms with Crippen LogP contribution in [0.2, 0.25) is 0 Å². The number of aliphatic hydroxyl groups is 1. The summed E-state index contributed by atoms with van der Waals surface area (Å²) in [7, 11) is 5.69. The summed E-state index contributed by atoms with van der Waals surface area (Å²) in [5.41, 5.74) is 2.12. The molecule has 0 saturated heterocycles. The maximum absolute atomic E-state index is 10.2. The normalized spacial score (nSPS) is 13.2. The van der Waals surface area contributed by atoms with E-state index in [0.717, 1.165) is 23.4 Å². The molecule has 0 bridgehead atoms. The van der Waals surface area contributed by atoms with Crippen LogP contribution in [0.15, 0.2) is 18.2 Å². The zero-order valence-corrected chi connectivity index (χ0v) is 11.4. The fourth-order valence-corrected chi connectivity index (χ4v) is 1.82. The number of ether oxygens (including phenoxy) is 1. The summed E-state index contributed by atoms with van der Waals surface area (Å²) in [4.78, 5) is 2.10. The molecule has 0 saturated carbocycles. The topological polar surface area (TPSA) is 32.7 Å². The maximum atomic E-state index is 10.2. The third-order valence-corrected chi connectivity index (χ3v) is 2.79. The molecule has 3 nitrogen and oxygen atoms in total. The van der Waals surface area contributed by atoms with E-state index in [2.05, 4.69) is 4.90 Å². The molecular formula is C14H23NO2. The third kappa shape index (κ3) is 3.72. The van der Waals surface area contributed by atoms with Gasteiger partial charge in [-0.3, -0.25) is 0 Å². The third-order valence-electron chi connectivity index (χ3n) is 2.79. The monoisotopic (exact) mass is 237 g/mol. The second-order valence-electron chi connectivity index (χ2n) is 4.99. The van der Waals surface area contributed by atoms with Crippen molar-refractivity contribution in [3.63, 3.8) is 0 Å². The van der Waals surface area contributed by atoms with Crippen LogP contribution in [0.4, 0.5) is 0 Å². The van der Waals surface area contributed by atoms with Gasteiger partial charge in [0, 0.05) is 6.54 Å². The minimum Gasteiger partial charge on any atom is -0.497 e. The summed E-state index contributed by atoms with van der Waals surface area (Å²) in [5.74, 6) is 0.991. The van der Waals surface area contributed by atoms with Gasteiger partial charge >= 0.3 is 0 Å². The van der Waals surface area contributed by atoms with Gasteiger partial charge in [0.05, 0.1) is 13.2 Å². The first-order valence-corrected chi connectivity index (χ1v) is 5.95. The maximum Gasteiger partial charge on any atom is 0.119 e. The van der Waals surface area contributed by atoms with Gasteiger partial charge in [-0.05, 0) is 43.3 Å². The molecule has 0 aliphatic rings. The average molecular weight is 237 g/mol. The largest absolute Gasteiger partial charge is 0.497 e. The highest BCUT2D eigenvalue weighted by atomic mass is 16.5. The van der Waals surface area contributed by atoms with E-state index in [1.807, 2.05) is 46.1 Å². The van der Waals surface area contributed by atoms with E-state index in [1.165, 1.54) is 0 Å². The molecule has 1 unspecified atom stereocenters. The minimum absolute atomic E-state index is 0.197. The Labute approximate surface area is 104 Å². The minimum atomic E-state index is -0.444. The summed E-state index contributed by atoms with van der Waals surface area (Å²) in [6, 6.07) is 5.90. The van der Waals surface area contributed by atoms with Crippen molar-refractivity contribution >= 4 is 0 Å². The zero-order valence-electron chi connectivity index (χ0n) is 11.4. The smallest absolute Gasteiger partial charge is 0.119 e. The Morgan fingerprint density at radius 2 is 1.94 bits per heavy atom. The fraction of sp³-hybridized carbons (Fsp3) is 0.571. The van der Waals surface area contributed by atoms with Gasteiger partial charge in [-0.15, -0.1) is 0 Å². The molecule has 1 N–H and O–H groups in total. The lowest BCUT2D eigenvalue weighted by atomic mass is 9.94. The lowest BCUT2D eigenvalue weighted by molar-refractivity contribution is 0.125. The Morgan fingerprint density at radius 1 is 1.29 bits per heavy atom. The predicted molar refractivity (Wildman–Crippen MR) is 70.2 cm³/mol. The van der Waals surface area contributed by atoms with Crippen LogP contribution in [0, 0.1) is 5.92 Å². The molecule has 0 spiro atoms. The van der Waals surface area contributed by atoms with Crippen LogP contribution in [0.25, 0.3) is 0 Å². The van der Waals surface area contributed by atoms with Gasteiger partial charge in [-0.2, -0.15) is 0 Å². The number of aliphatic hydroxyl groups excluding tert-OH is 1. The van der Waals surface area contributed by atoms with Crippen molar-refractivity contribution in [2.24, 2.45) is 5.92 Å². The molecule has 0 aliphatic heterocycles. The molecule has 0 aromatic heterocycles. The van der Waals surface area contributed by atoms with Crippen molar-refractivity contribution in [2.75, 3.05) is 21.2 Å². The zero-order chi connectivity index (χ0) is 13.0. The van der Waals surface area contributed by atoms with Crippen LogP contribution in [-0.4, -0.2) is 31.2 Å². The van der Waals surface area contributed by atoms with Crippen LogP contribution in [0.3, 0.4) is 0 Å².